The van der Waals surface area contributed by atoms with E-state index in [0.29, 0.717) is 19.6 Å². The number of amides is 1. The Morgan fingerprint density at radius 3 is 2.67 bits per heavy atom. The number of nitrogens with two attached hydrogens (primary N) is 1. The number of rotatable bonds is 7. The minimum atomic E-state index is 0.0897. The molecular formula is C14H22N2O2. The third kappa shape index (κ3) is 4.75. The zero-order valence-electron chi connectivity index (χ0n) is 11.1. The summed E-state index contributed by atoms with van der Waals surface area (Å²) in [6.07, 6.45) is 1.21. The molecular weight excluding hydrogens is 228 g/mol. The van der Waals surface area contributed by atoms with Crippen LogP contribution in [0.1, 0.15) is 19.8 Å². The summed E-state index contributed by atoms with van der Waals surface area (Å²) in [6, 6.07) is 9.69. The van der Waals surface area contributed by atoms with Crippen molar-refractivity contribution < 1.29 is 9.53 Å². The summed E-state index contributed by atoms with van der Waals surface area (Å²) < 4.78 is 5.49. The van der Waals surface area contributed by atoms with Gasteiger partial charge in [0.2, 0.25) is 5.91 Å². The van der Waals surface area contributed by atoms with E-state index in [1.165, 1.54) is 0 Å². The number of carbonyl (C=O) groups is 1. The molecule has 1 aromatic carbocycles. The van der Waals surface area contributed by atoms with Crippen LogP contribution >= 0.6 is 0 Å². The second kappa shape index (κ2) is 7.71. The topological polar surface area (TPSA) is 55.6 Å². The average molecular weight is 250 g/mol. The first kappa shape index (κ1) is 14.5. The summed E-state index contributed by atoms with van der Waals surface area (Å²) in [7, 11) is 1.81. The molecule has 0 saturated heterocycles. The Bertz CT molecular complexity index is 354. The highest BCUT2D eigenvalue weighted by Gasteiger charge is 2.14. The van der Waals surface area contributed by atoms with Gasteiger partial charge in [-0.1, -0.05) is 18.2 Å². The number of nitrogens with zero attached hydrogens (tertiary/aromatic N) is 1. The smallest absolute Gasteiger partial charge is 0.225 e. The number of ether oxygens (including phenoxy) is 1. The van der Waals surface area contributed by atoms with Gasteiger partial charge in [-0.3, -0.25) is 4.79 Å². The van der Waals surface area contributed by atoms with Crippen LogP contribution in [0.15, 0.2) is 30.3 Å². The lowest BCUT2D eigenvalue weighted by atomic mass is 10.2. The Hall–Kier alpha value is -1.55. The van der Waals surface area contributed by atoms with Crippen molar-refractivity contribution in [2.45, 2.75) is 25.8 Å². The molecule has 4 heteroatoms. The maximum Gasteiger partial charge on any atom is 0.225 e. The molecule has 0 aliphatic heterocycles. The molecule has 4 nitrogen and oxygen atoms in total. The molecule has 1 aromatic rings. The number of benzene rings is 1. The molecule has 0 saturated carbocycles. The van der Waals surface area contributed by atoms with Gasteiger partial charge in [-0.25, -0.2) is 0 Å². The maximum atomic E-state index is 11.9. The minimum absolute atomic E-state index is 0.0897. The highest BCUT2D eigenvalue weighted by Crippen LogP contribution is 2.09. The molecule has 0 bridgehead atoms. The summed E-state index contributed by atoms with van der Waals surface area (Å²) in [5.41, 5.74) is 5.48. The Morgan fingerprint density at radius 2 is 2.06 bits per heavy atom. The molecule has 1 unspecified atom stereocenters. The largest absolute Gasteiger partial charge is 0.493 e. The van der Waals surface area contributed by atoms with E-state index in [1.807, 2.05) is 44.3 Å². The van der Waals surface area contributed by atoms with Crippen LogP contribution in [0.3, 0.4) is 0 Å². The number of hydrogen-bond acceptors (Lipinski definition) is 3. The van der Waals surface area contributed by atoms with Gasteiger partial charge in [0.25, 0.3) is 0 Å². The first-order valence-corrected chi connectivity index (χ1v) is 6.28. The van der Waals surface area contributed by atoms with Crippen molar-refractivity contribution in [2.75, 3.05) is 20.2 Å². The Balaban J connectivity index is 2.28. The standard InChI is InChI=1S/C14H22N2O2/c1-12(8-10-15)16(2)14(17)9-11-18-13-6-4-3-5-7-13/h3-7,12H,8-11,15H2,1-2H3. The quantitative estimate of drug-likeness (QED) is 0.800. The van der Waals surface area contributed by atoms with Crippen LogP contribution in [0, 0.1) is 0 Å². The lowest BCUT2D eigenvalue weighted by Gasteiger charge is -2.24. The molecule has 0 aliphatic carbocycles. The lowest BCUT2D eigenvalue weighted by Crippen LogP contribution is -2.36. The molecule has 0 radical (unpaired) electrons. The molecule has 0 heterocycles. The van der Waals surface area contributed by atoms with E-state index < -0.39 is 0 Å². The SMILES string of the molecule is CC(CCN)N(C)C(=O)CCOc1ccccc1. The number of hydrogen-bond donors (Lipinski definition) is 1. The van der Waals surface area contributed by atoms with Gasteiger partial charge in [0.1, 0.15) is 5.75 Å². The predicted molar refractivity (Wildman–Crippen MR) is 72.5 cm³/mol. The third-order valence-corrected chi connectivity index (χ3v) is 2.97. The molecule has 0 fully saturated rings. The monoisotopic (exact) mass is 250 g/mol. The molecule has 2 N–H and O–H groups in total. The summed E-state index contributed by atoms with van der Waals surface area (Å²) in [5, 5.41) is 0. The van der Waals surface area contributed by atoms with Crippen molar-refractivity contribution in [2.24, 2.45) is 5.73 Å². The van der Waals surface area contributed by atoms with E-state index in [2.05, 4.69) is 0 Å². The fourth-order valence-electron chi connectivity index (χ4n) is 1.63. The zero-order chi connectivity index (χ0) is 13.4. The zero-order valence-corrected chi connectivity index (χ0v) is 11.1. The third-order valence-electron chi connectivity index (χ3n) is 2.97. The van der Waals surface area contributed by atoms with Gasteiger partial charge < -0.3 is 15.4 Å². The summed E-state index contributed by atoms with van der Waals surface area (Å²) >= 11 is 0. The molecule has 0 aromatic heterocycles. The first-order valence-electron chi connectivity index (χ1n) is 6.28. The summed E-state index contributed by atoms with van der Waals surface area (Å²) in [4.78, 5) is 13.6. The predicted octanol–water partition coefficient (Wildman–Crippen LogP) is 1.65. The van der Waals surface area contributed by atoms with Gasteiger partial charge in [-0.2, -0.15) is 0 Å². The van der Waals surface area contributed by atoms with Crippen LogP contribution in [0.5, 0.6) is 5.75 Å². The highest BCUT2D eigenvalue weighted by molar-refractivity contribution is 5.76. The van der Waals surface area contributed by atoms with Crippen molar-refractivity contribution >= 4 is 5.91 Å². The van der Waals surface area contributed by atoms with E-state index in [9.17, 15) is 4.79 Å². The molecule has 0 aliphatic rings. The van der Waals surface area contributed by atoms with E-state index in [0.717, 1.165) is 12.2 Å². The fourth-order valence-corrected chi connectivity index (χ4v) is 1.63. The summed E-state index contributed by atoms with van der Waals surface area (Å²) in [5.74, 6) is 0.884. The van der Waals surface area contributed by atoms with Crippen molar-refractivity contribution in [3.05, 3.63) is 30.3 Å². The van der Waals surface area contributed by atoms with E-state index >= 15 is 0 Å². The molecule has 1 rings (SSSR count). The van der Waals surface area contributed by atoms with Gasteiger partial charge in [-0.15, -0.1) is 0 Å². The van der Waals surface area contributed by atoms with Crippen LogP contribution in [-0.4, -0.2) is 37.0 Å². The number of carbonyl (C=O) groups excluding carboxylic acids is 1. The van der Waals surface area contributed by atoms with E-state index in [1.54, 1.807) is 4.90 Å². The van der Waals surface area contributed by atoms with Gasteiger partial charge in [0.05, 0.1) is 13.0 Å². The fraction of sp³-hybridized carbons (Fsp3) is 0.500. The van der Waals surface area contributed by atoms with Crippen LogP contribution in [0.4, 0.5) is 0 Å². The molecule has 1 atom stereocenters. The molecule has 1 amide bonds. The maximum absolute atomic E-state index is 11.9. The van der Waals surface area contributed by atoms with Gasteiger partial charge in [0.15, 0.2) is 0 Å². The first-order chi connectivity index (χ1) is 8.65. The lowest BCUT2D eigenvalue weighted by molar-refractivity contribution is -0.132. The Kier molecular flexibility index (Phi) is 6.22. The van der Waals surface area contributed by atoms with Crippen molar-refractivity contribution in [1.29, 1.82) is 0 Å². The second-order valence-corrected chi connectivity index (χ2v) is 4.34. The average Bonchev–Trinajstić information content (AvgIpc) is 2.39. The normalized spacial score (nSPS) is 11.9. The van der Waals surface area contributed by atoms with Crippen LogP contribution < -0.4 is 10.5 Å². The molecule has 100 valence electrons. The van der Waals surface area contributed by atoms with Gasteiger partial charge in [-0.05, 0) is 32.0 Å². The van der Waals surface area contributed by atoms with Gasteiger partial charge >= 0.3 is 0 Å². The Labute approximate surface area is 109 Å². The van der Waals surface area contributed by atoms with Crippen molar-refractivity contribution in [3.8, 4) is 5.75 Å². The second-order valence-electron chi connectivity index (χ2n) is 4.34. The summed E-state index contributed by atoms with van der Waals surface area (Å²) in [6.45, 7) is 3.00. The Morgan fingerprint density at radius 1 is 1.39 bits per heavy atom. The van der Waals surface area contributed by atoms with Crippen LogP contribution in [-0.2, 0) is 4.79 Å². The molecule has 18 heavy (non-hydrogen) atoms. The number of para-hydroxylation sites is 1. The van der Waals surface area contributed by atoms with Crippen molar-refractivity contribution in [1.82, 2.24) is 4.90 Å². The molecule has 0 spiro atoms. The van der Waals surface area contributed by atoms with Crippen LogP contribution in [0.25, 0.3) is 0 Å². The van der Waals surface area contributed by atoms with Crippen molar-refractivity contribution in [3.63, 3.8) is 0 Å². The highest BCUT2D eigenvalue weighted by atomic mass is 16.5. The van der Waals surface area contributed by atoms with E-state index in [4.69, 9.17) is 10.5 Å². The minimum Gasteiger partial charge on any atom is -0.493 e. The van der Waals surface area contributed by atoms with Gasteiger partial charge in [0, 0.05) is 13.1 Å². The van der Waals surface area contributed by atoms with E-state index in [-0.39, 0.29) is 11.9 Å². The van der Waals surface area contributed by atoms with Crippen LogP contribution in [0.2, 0.25) is 0 Å².